The molecule has 0 amide bonds. The molecule has 0 spiro atoms. The largest absolute Gasteiger partial charge is 0.379 e. The topological polar surface area (TPSA) is 34.2 Å². The maximum atomic E-state index is 5.76. The van der Waals surface area contributed by atoms with Crippen molar-refractivity contribution in [3.05, 3.63) is 30.1 Å². The van der Waals surface area contributed by atoms with Gasteiger partial charge in [0.05, 0.1) is 6.10 Å². The number of hydrogen-bond acceptors (Lipinski definition) is 3. The minimum atomic E-state index is 0.113. The number of rotatable bonds is 7. The smallest absolute Gasteiger partial charge is 0.0775 e. The first-order valence-electron chi connectivity index (χ1n) is 7.14. The van der Waals surface area contributed by atoms with Crippen molar-refractivity contribution in [3.63, 3.8) is 0 Å². The van der Waals surface area contributed by atoms with E-state index in [9.17, 15) is 0 Å². The first kappa shape index (κ1) is 16.1. The molecule has 0 saturated carbocycles. The molecule has 0 fully saturated rings. The van der Waals surface area contributed by atoms with Gasteiger partial charge in [0.2, 0.25) is 0 Å². The summed E-state index contributed by atoms with van der Waals surface area (Å²) in [4.78, 5) is 4.20. The Hall–Kier alpha value is -0.930. The van der Waals surface area contributed by atoms with Crippen molar-refractivity contribution >= 4 is 0 Å². The number of pyridine rings is 1. The van der Waals surface area contributed by atoms with Gasteiger partial charge in [-0.05, 0) is 36.4 Å². The third-order valence-corrected chi connectivity index (χ3v) is 3.31. The monoisotopic (exact) mass is 264 g/mol. The average Bonchev–Trinajstić information content (AvgIpc) is 2.36. The van der Waals surface area contributed by atoms with E-state index in [4.69, 9.17) is 4.74 Å². The van der Waals surface area contributed by atoms with E-state index < -0.39 is 0 Å². The van der Waals surface area contributed by atoms with E-state index in [0.29, 0.717) is 6.04 Å². The molecule has 2 unspecified atom stereocenters. The molecule has 19 heavy (non-hydrogen) atoms. The third-order valence-electron chi connectivity index (χ3n) is 3.31. The molecule has 108 valence electrons. The summed E-state index contributed by atoms with van der Waals surface area (Å²) in [7, 11) is 1.81. The van der Waals surface area contributed by atoms with Gasteiger partial charge in [-0.2, -0.15) is 0 Å². The van der Waals surface area contributed by atoms with Gasteiger partial charge >= 0.3 is 0 Å². The van der Waals surface area contributed by atoms with Crippen LogP contribution in [0.1, 0.15) is 39.7 Å². The van der Waals surface area contributed by atoms with Crippen LogP contribution in [0.4, 0.5) is 0 Å². The predicted molar refractivity (Wildman–Crippen MR) is 80.3 cm³/mol. The second-order valence-electron chi connectivity index (χ2n) is 6.15. The van der Waals surface area contributed by atoms with Gasteiger partial charge in [-0.25, -0.2) is 0 Å². The van der Waals surface area contributed by atoms with Gasteiger partial charge in [0.1, 0.15) is 0 Å². The minimum absolute atomic E-state index is 0.113. The lowest BCUT2D eigenvalue weighted by molar-refractivity contribution is -0.0109. The van der Waals surface area contributed by atoms with Crippen molar-refractivity contribution in [2.45, 2.75) is 52.7 Å². The Balaban J connectivity index is 2.81. The zero-order valence-electron chi connectivity index (χ0n) is 12.9. The third kappa shape index (κ3) is 5.29. The Labute approximate surface area is 117 Å². The zero-order valence-corrected chi connectivity index (χ0v) is 12.9. The minimum Gasteiger partial charge on any atom is -0.379 e. The Kier molecular flexibility index (Phi) is 6.46. The second kappa shape index (κ2) is 7.61. The lowest BCUT2D eigenvalue weighted by Gasteiger charge is -2.36. The van der Waals surface area contributed by atoms with Crippen LogP contribution in [0.2, 0.25) is 0 Å². The van der Waals surface area contributed by atoms with Crippen molar-refractivity contribution in [2.75, 3.05) is 13.7 Å². The van der Waals surface area contributed by atoms with Crippen LogP contribution in [0.15, 0.2) is 24.5 Å². The van der Waals surface area contributed by atoms with E-state index in [1.165, 1.54) is 5.56 Å². The van der Waals surface area contributed by atoms with E-state index in [1.54, 1.807) is 7.11 Å². The summed E-state index contributed by atoms with van der Waals surface area (Å²) < 4.78 is 5.76. The van der Waals surface area contributed by atoms with E-state index in [0.717, 1.165) is 19.4 Å². The molecule has 1 rings (SSSR count). The van der Waals surface area contributed by atoms with E-state index >= 15 is 0 Å². The number of aromatic nitrogens is 1. The highest BCUT2D eigenvalue weighted by atomic mass is 16.5. The Bertz CT molecular complexity index is 346. The van der Waals surface area contributed by atoms with E-state index in [-0.39, 0.29) is 11.5 Å². The fourth-order valence-corrected chi connectivity index (χ4v) is 2.51. The van der Waals surface area contributed by atoms with Gasteiger partial charge in [0.25, 0.3) is 0 Å². The molecule has 0 bridgehead atoms. The summed E-state index contributed by atoms with van der Waals surface area (Å²) in [6, 6.07) is 4.43. The molecule has 2 atom stereocenters. The quantitative estimate of drug-likeness (QED) is 0.822. The molecule has 1 aromatic rings. The van der Waals surface area contributed by atoms with Crippen molar-refractivity contribution in [1.29, 1.82) is 0 Å². The van der Waals surface area contributed by atoms with Crippen LogP contribution >= 0.6 is 0 Å². The molecule has 3 heteroatoms. The van der Waals surface area contributed by atoms with Crippen LogP contribution in [-0.2, 0) is 11.2 Å². The highest BCUT2D eigenvalue weighted by Gasteiger charge is 2.32. The fourth-order valence-electron chi connectivity index (χ4n) is 2.51. The number of nitrogens with one attached hydrogen (secondary N) is 1. The van der Waals surface area contributed by atoms with Crippen molar-refractivity contribution in [2.24, 2.45) is 5.41 Å². The molecule has 0 aliphatic carbocycles. The summed E-state index contributed by atoms with van der Waals surface area (Å²) in [5.74, 6) is 0. The van der Waals surface area contributed by atoms with E-state index in [1.807, 2.05) is 18.5 Å². The van der Waals surface area contributed by atoms with Gasteiger partial charge in [0.15, 0.2) is 0 Å². The molecular weight excluding hydrogens is 236 g/mol. The average molecular weight is 264 g/mol. The van der Waals surface area contributed by atoms with Gasteiger partial charge in [-0.1, -0.05) is 33.8 Å². The number of nitrogens with zero attached hydrogens (tertiary/aromatic N) is 1. The van der Waals surface area contributed by atoms with Crippen molar-refractivity contribution < 1.29 is 4.74 Å². The Morgan fingerprint density at radius 1 is 1.37 bits per heavy atom. The summed E-state index contributed by atoms with van der Waals surface area (Å²) in [5, 5.41) is 3.62. The fraction of sp³-hybridized carbons (Fsp3) is 0.688. The molecule has 1 aromatic heterocycles. The molecule has 0 aliphatic heterocycles. The number of methoxy groups -OCH3 is 1. The molecule has 1 N–H and O–H groups in total. The molecule has 0 saturated heterocycles. The predicted octanol–water partition coefficient (Wildman–Crippen LogP) is 3.05. The molecule has 1 heterocycles. The molecule has 0 radical (unpaired) electrons. The van der Waals surface area contributed by atoms with Gasteiger partial charge in [0, 0.05) is 25.5 Å². The molecule has 3 nitrogen and oxygen atoms in total. The summed E-state index contributed by atoms with van der Waals surface area (Å²) in [6.45, 7) is 9.88. The Morgan fingerprint density at radius 3 is 2.58 bits per heavy atom. The highest BCUT2D eigenvalue weighted by molar-refractivity contribution is 5.11. The number of ether oxygens (including phenoxy) is 1. The first-order valence-corrected chi connectivity index (χ1v) is 7.14. The summed E-state index contributed by atoms with van der Waals surface area (Å²) in [5.41, 5.74) is 1.37. The molecular formula is C16H28N2O. The highest BCUT2D eigenvalue weighted by Crippen LogP contribution is 2.26. The number of hydrogen-bond donors (Lipinski definition) is 1. The summed E-state index contributed by atoms with van der Waals surface area (Å²) in [6.07, 6.45) is 6.01. The van der Waals surface area contributed by atoms with Crippen LogP contribution in [-0.4, -0.2) is 30.8 Å². The lowest BCUT2D eigenvalue weighted by atomic mass is 9.82. The van der Waals surface area contributed by atoms with Crippen molar-refractivity contribution in [3.8, 4) is 0 Å². The van der Waals surface area contributed by atoms with Crippen LogP contribution in [0, 0.1) is 5.41 Å². The second-order valence-corrected chi connectivity index (χ2v) is 6.15. The van der Waals surface area contributed by atoms with Crippen LogP contribution in [0.5, 0.6) is 0 Å². The normalized spacial score (nSPS) is 15.2. The standard InChI is InChI=1S/C16H28N2O/c1-6-9-18-14(15(19-5)16(2,3)4)11-13-8-7-10-17-12-13/h7-8,10,12,14-15,18H,6,9,11H2,1-5H3. The van der Waals surface area contributed by atoms with Gasteiger partial charge in [-0.15, -0.1) is 0 Å². The molecule has 0 aromatic carbocycles. The maximum absolute atomic E-state index is 5.76. The van der Waals surface area contributed by atoms with Gasteiger partial charge < -0.3 is 10.1 Å². The summed E-state index contributed by atoms with van der Waals surface area (Å²) >= 11 is 0. The van der Waals surface area contributed by atoms with Gasteiger partial charge in [-0.3, -0.25) is 4.98 Å². The zero-order chi connectivity index (χ0) is 14.3. The first-order chi connectivity index (χ1) is 8.99. The SMILES string of the molecule is CCCNC(Cc1cccnc1)C(OC)C(C)(C)C. The molecule has 0 aliphatic rings. The maximum Gasteiger partial charge on any atom is 0.0775 e. The van der Waals surface area contributed by atoms with Crippen LogP contribution in [0.3, 0.4) is 0 Å². The lowest BCUT2D eigenvalue weighted by Crippen LogP contribution is -2.49. The van der Waals surface area contributed by atoms with Crippen LogP contribution in [0.25, 0.3) is 0 Å². The van der Waals surface area contributed by atoms with E-state index in [2.05, 4.69) is 44.1 Å². The van der Waals surface area contributed by atoms with Crippen LogP contribution < -0.4 is 5.32 Å². The Morgan fingerprint density at radius 2 is 2.11 bits per heavy atom. The van der Waals surface area contributed by atoms with Crippen molar-refractivity contribution in [1.82, 2.24) is 10.3 Å².